The molecule has 2 amide bonds. The molecule has 7 heteroatoms. The molecule has 1 unspecified atom stereocenters. The van der Waals surface area contributed by atoms with Crippen molar-refractivity contribution in [2.75, 3.05) is 18.1 Å². The number of hydrogen-bond donors (Lipinski definition) is 1. The molecule has 106 valence electrons. The maximum Gasteiger partial charge on any atom is 0.359 e. The van der Waals surface area contributed by atoms with Crippen LogP contribution in [0.2, 0.25) is 0 Å². The maximum atomic E-state index is 12.0. The fourth-order valence-electron chi connectivity index (χ4n) is 2.10. The van der Waals surface area contributed by atoms with E-state index in [9.17, 15) is 14.4 Å². The molecule has 1 fully saturated rings. The lowest BCUT2D eigenvalue weighted by atomic mass is 10.1. The van der Waals surface area contributed by atoms with Gasteiger partial charge >= 0.3 is 5.97 Å². The Morgan fingerprint density at radius 3 is 2.90 bits per heavy atom. The molecule has 1 aromatic rings. The van der Waals surface area contributed by atoms with Crippen LogP contribution >= 0.6 is 0 Å². The van der Waals surface area contributed by atoms with Crippen LogP contribution in [0.3, 0.4) is 0 Å². The highest BCUT2D eigenvalue weighted by Crippen LogP contribution is 2.27. The Morgan fingerprint density at radius 1 is 1.55 bits per heavy atom. The predicted molar refractivity (Wildman–Crippen MR) is 69.8 cm³/mol. The normalized spacial score (nSPS) is 18.1. The third kappa shape index (κ3) is 2.61. The molecular weight excluding hydrogens is 262 g/mol. The minimum absolute atomic E-state index is 0.0481. The van der Waals surface area contributed by atoms with Crippen molar-refractivity contribution in [3.63, 3.8) is 0 Å². The van der Waals surface area contributed by atoms with Gasteiger partial charge in [0.2, 0.25) is 11.8 Å². The van der Waals surface area contributed by atoms with E-state index in [1.165, 1.54) is 11.1 Å². The number of carbonyl (C=O) groups is 3. The zero-order chi connectivity index (χ0) is 14.7. The molecule has 0 aromatic carbocycles. The lowest BCUT2D eigenvalue weighted by molar-refractivity contribution is -0.123. The summed E-state index contributed by atoms with van der Waals surface area (Å²) in [6.45, 7) is 2.06. The monoisotopic (exact) mass is 277 g/mol. The molecule has 1 aromatic heterocycles. The van der Waals surface area contributed by atoms with Gasteiger partial charge in [0.1, 0.15) is 0 Å². The Labute approximate surface area is 115 Å². The van der Waals surface area contributed by atoms with Crippen molar-refractivity contribution < 1.29 is 19.1 Å². The molecule has 20 heavy (non-hydrogen) atoms. The number of pyridine rings is 1. The van der Waals surface area contributed by atoms with Gasteiger partial charge in [-0.05, 0) is 19.1 Å². The molecule has 2 heterocycles. The third-order valence-corrected chi connectivity index (χ3v) is 3.07. The molecule has 0 bridgehead atoms. The van der Waals surface area contributed by atoms with Crippen LogP contribution in [0.25, 0.3) is 0 Å². The van der Waals surface area contributed by atoms with E-state index < -0.39 is 17.8 Å². The van der Waals surface area contributed by atoms with Crippen LogP contribution in [0.5, 0.6) is 0 Å². The van der Waals surface area contributed by atoms with Crippen LogP contribution in [-0.2, 0) is 14.3 Å². The van der Waals surface area contributed by atoms with E-state index in [2.05, 4.69) is 4.98 Å². The van der Waals surface area contributed by atoms with Crippen molar-refractivity contribution >= 4 is 23.5 Å². The van der Waals surface area contributed by atoms with Gasteiger partial charge in [-0.1, -0.05) is 0 Å². The molecule has 1 aliphatic rings. The molecule has 7 nitrogen and oxygen atoms in total. The Kier molecular flexibility index (Phi) is 3.97. The van der Waals surface area contributed by atoms with Crippen molar-refractivity contribution in [2.45, 2.75) is 13.3 Å². The van der Waals surface area contributed by atoms with E-state index in [1.54, 1.807) is 19.1 Å². The smallest absolute Gasteiger partial charge is 0.359 e. The van der Waals surface area contributed by atoms with Crippen LogP contribution in [0, 0.1) is 5.92 Å². The van der Waals surface area contributed by atoms with Crippen molar-refractivity contribution in [3.05, 3.63) is 24.0 Å². The van der Waals surface area contributed by atoms with Crippen LogP contribution < -0.4 is 10.6 Å². The number of ether oxygens (including phenoxy) is 1. The Balaban J connectivity index is 2.31. The Morgan fingerprint density at radius 2 is 2.30 bits per heavy atom. The first-order chi connectivity index (χ1) is 9.54. The number of carbonyl (C=O) groups excluding carboxylic acids is 3. The van der Waals surface area contributed by atoms with E-state index in [1.807, 2.05) is 0 Å². The number of amides is 2. The van der Waals surface area contributed by atoms with Crippen molar-refractivity contribution in [3.8, 4) is 0 Å². The molecule has 0 spiro atoms. The van der Waals surface area contributed by atoms with Crippen molar-refractivity contribution in [2.24, 2.45) is 11.7 Å². The maximum absolute atomic E-state index is 12.0. The SMILES string of the molecule is CCOC(=O)c1ncccc1N1CC(C(N)=O)CC1=O. The minimum Gasteiger partial charge on any atom is -0.461 e. The summed E-state index contributed by atoms with van der Waals surface area (Å²) >= 11 is 0. The Hall–Kier alpha value is -2.44. The van der Waals surface area contributed by atoms with E-state index in [0.717, 1.165) is 0 Å². The average Bonchev–Trinajstić information content (AvgIpc) is 2.81. The van der Waals surface area contributed by atoms with Gasteiger partial charge in [-0.2, -0.15) is 0 Å². The predicted octanol–water partition coefficient (Wildman–Crippen LogP) is 0.0965. The summed E-state index contributed by atoms with van der Waals surface area (Å²) in [5, 5.41) is 0. The van der Waals surface area contributed by atoms with Gasteiger partial charge in [-0.15, -0.1) is 0 Å². The first kappa shape index (κ1) is 14.0. The number of nitrogens with two attached hydrogens (primary N) is 1. The average molecular weight is 277 g/mol. The number of aromatic nitrogens is 1. The van der Waals surface area contributed by atoms with Crippen LogP contribution in [0.15, 0.2) is 18.3 Å². The number of hydrogen-bond acceptors (Lipinski definition) is 5. The highest BCUT2D eigenvalue weighted by molar-refractivity contribution is 6.04. The molecule has 0 aliphatic carbocycles. The molecular formula is C13H15N3O4. The summed E-state index contributed by atoms with van der Waals surface area (Å²) in [5.41, 5.74) is 5.63. The largest absolute Gasteiger partial charge is 0.461 e. The number of nitrogens with zero attached hydrogens (tertiary/aromatic N) is 2. The summed E-state index contributed by atoms with van der Waals surface area (Å²) in [5.74, 6) is -1.93. The summed E-state index contributed by atoms with van der Waals surface area (Å²) in [6.07, 6.45) is 1.49. The summed E-state index contributed by atoms with van der Waals surface area (Å²) in [6, 6.07) is 3.21. The summed E-state index contributed by atoms with van der Waals surface area (Å²) in [4.78, 5) is 40.3. The summed E-state index contributed by atoms with van der Waals surface area (Å²) in [7, 11) is 0. The lowest BCUT2D eigenvalue weighted by Crippen LogP contribution is -2.30. The molecule has 2 rings (SSSR count). The zero-order valence-corrected chi connectivity index (χ0v) is 11.0. The molecule has 0 saturated carbocycles. The standard InChI is InChI=1S/C13H15N3O4/c1-2-20-13(19)11-9(4-3-5-15-11)16-7-8(12(14)18)6-10(16)17/h3-5,8H,2,6-7H2,1H3,(H2,14,18). The van der Waals surface area contributed by atoms with Gasteiger partial charge in [-0.3, -0.25) is 9.59 Å². The second-order valence-electron chi connectivity index (χ2n) is 4.40. The molecule has 0 radical (unpaired) electrons. The van der Waals surface area contributed by atoms with Crippen LogP contribution in [-0.4, -0.2) is 35.9 Å². The van der Waals surface area contributed by atoms with Gasteiger partial charge in [0.05, 0.1) is 18.2 Å². The molecule has 2 N–H and O–H groups in total. The topological polar surface area (TPSA) is 103 Å². The Bertz CT molecular complexity index is 558. The first-order valence-electron chi connectivity index (χ1n) is 6.26. The quantitative estimate of drug-likeness (QED) is 0.786. The van der Waals surface area contributed by atoms with Crippen molar-refractivity contribution in [1.82, 2.24) is 4.98 Å². The molecule has 1 saturated heterocycles. The number of rotatable bonds is 4. The fourth-order valence-corrected chi connectivity index (χ4v) is 2.10. The van der Waals surface area contributed by atoms with Crippen molar-refractivity contribution in [1.29, 1.82) is 0 Å². The van der Waals surface area contributed by atoms with E-state index in [4.69, 9.17) is 10.5 Å². The van der Waals surface area contributed by atoms with E-state index >= 15 is 0 Å². The summed E-state index contributed by atoms with van der Waals surface area (Å²) < 4.78 is 4.91. The second kappa shape index (κ2) is 5.68. The van der Waals surface area contributed by atoms with Gasteiger partial charge in [0.15, 0.2) is 5.69 Å². The van der Waals surface area contributed by atoms with E-state index in [-0.39, 0.29) is 31.2 Å². The molecule has 1 atom stereocenters. The van der Waals surface area contributed by atoms with Crippen LogP contribution in [0.1, 0.15) is 23.8 Å². The van der Waals surface area contributed by atoms with Gasteiger partial charge in [-0.25, -0.2) is 9.78 Å². The highest BCUT2D eigenvalue weighted by atomic mass is 16.5. The van der Waals surface area contributed by atoms with Crippen LogP contribution in [0.4, 0.5) is 5.69 Å². The third-order valence-electron chi connectivity index (χ3n) is 3.07. The minimum atomic E-state index is -0.599. The van der Waals surface area contributed by atoms with E-state index in [0.29, 0.717) is 5.69 Å². The molecule has 1 aliphatic heterocycles. The highest BCUT2D eigenvalue weighted by Gasteiger charge is 2.36. The van der Waals surface area contributed by atoms with Gasteiger partial charge < -0.3 is 15.4 Å². The second-order valence-corrected chi connectivity index (χ2v) is 4.40. The number of anilines is 1. The van der Waals surface area contributed by atoms with Gasteiger partial charge in [0.25, 0.3) is 0 Å². The first-order valence-corrected chi connectivity index (χ1v) is 6.26. The lowest BCUT2D eigenvalue weighted by Gasteiger charge is -2.18. The van der Waals surface area contributed by atoms with Gasteiger partial charge in [0, 0.05) is 19.2 Å². The fraction of sp³-hybridized carbons (Fsp3) is 0.385. The number of esters is 1. The number of primary amides is 1. The zero-order valence-electron chi connectivity index (χ0n) is 11.0.